The highest BCUT2D eigenvalue weighted by Gasteiger charge is 1.79. The van der Waals surface area contributed by atoms with Crippen LogP contribution in [0.5, 0.6) is 0 Å². The van der Waals surface area contributed by atoms with Crippen LogP contribution in [0.4, 0.5) is 0 Å². The summed E-state index contributed by atoms with van der Waals surface area (Å²) in [5.41, 5.74) is 1.07. The fourth-order valence-corrected chi connectivity index (χ4v) is 0.756. The van der Waals surface area contributed by atoms with Gasteiger partial charge in [0.15, 0.2) is 0 Å². The number of hydrogen-bond donors (Lipinski definition) is 1. The summed E-state index contributed by atoms with van der Waals surface area (Å²) >= 11 is 0. The van der Waals surface area contributed by atoms with Crippen molar-refractivity contribution in [3.05, 3.63) is 35.9 Å². The maximum Gasteiger partial charge on any atom is 0.0577 e. The van der Waals surface area contributed by atoms with Gasteiger partial charge in [-0.15, -0.1) is 12.4 Å². The van der Waals surface area contributed by atoms with Crippen molar-refractivity contribution in [1.29, 1.82) is 0 Å². The summed E-state index contributed by atoms with van der Waals surface area (Å²) < 4.78 is 0. The van der Waals surface area contributed by atoms with Gasteiger partial charge in [0, 0.05) is 5.56 Å². The molecule has 0 fully saturated rings. The van der Waals surface area contributed by atoms with E-state index in [1.54, 1.807) is 0 Å². The molecule has 12 heavy (non-hydrogen) atoms. The van der Waals surface area contributed by atoms with Gasteiger partial charge in [0.25, 0.3) is 0 Å². The van der Waals surface area contributed by atoms with Crippen LogP contribution in [0.25, 0.3) is 0 Å². The average molecular weight is 182 g/mol. The summed E-state index contributed by atoms with van der Waals surface area (Å²) in [6.07, 6.45) is 0. The van der Waals surface area contributed by atoms with Gasteiger partial charge in [0.05, 0.1) is 6.54 Å². The molecule has 0 heterocycles. The Labute approximate surface area is 79.6 Å². The Morgan fingerprint density at radius 3 is 2.50 bits per heavy atom. The Morgan fingerprint density at radius 1 is 1.25 bits per heavy atom. The second-order valence-electron chi connectivity index (χ2n) is 2.20. The molecular formula is C10H12ClN. The molecular weight excluding hydrogens is 170 g/mol. The van der Waals surface area contributed by atoms with E-state index in [0.717, 1.165) is 12.1 Å². The third-order valence-corrected chi connectivity index (χ3v) is 1.27. The van der Waals surface area contributed by atoms with Crippen LogP contribution in [0.1, 0.15) is 5.56 Å². The summed E-state index contributed by atoms with van der Waals surface area (Å²) in [7, 11) is 1.89. The Kier molecular flexibility index (Phi) is 6.18. The number of rotatable bonds is 1. The lowest BCUT2D eigenvalue weighted by atomic mass is 10.2. The normalized spacial score (nSPS) is 7.75. The highest BCUT2D eigenvalue weighted by molar-refractivity contribution is 5.85. The molecule has 0 amide bonds. The Morgan fingerprint density at radius 2 is 1.92 bits per heavy atom. The van der Waals surface area contributed by atoms with Crippen molar-refractivity contribution in [1.82, 2.24) is 5.32 Å². The second-order valence-corrected chi connectivity index (χ2v) is 2.20. The average Bonchev–Trinajstić information content (AvgIpc) is 2.07. The van der Waals surface area contributed by atoms with Crippen molar-refractivity contribution >= 4 is 12.4 Å². The van der Waals surface area contributed by atoms with E-state index in [9.17, 15) is 0 Å². The summed E-state index contributed by atoms with van der Waals surface area (Å²) in [6.45, 7) is 0.745. The number of hydrogen-bond acceptors (Lipinski definition) is 1. The lowest BCUT2D eigenvalue weighted by Gasteiger charge is -1.86. The molecule has 1 aromatic rings. The molecule has 0 aliphatic rings. The van der Waals surface area contributed by atoms with Gasteiger partial charge in [-0.05, 0) is 19.2 Å². The van der Waals surface area contributed by atoms with Crippen LogP contribution in [0.3, 0.4) is 0 Å². The minimum Gasteiger partial charge on any atom is -0.309 e. The van der Waals surface area contributed by atoms with Gasteiger partial charge in [0.2, 0.25) is 0 Å². The van der Waals surface area contributed by atoms with Gasteiger partial charge >= 0.3 is 0 Å². The van der Waals surface area contributed by atoms with Gasteiger partial charge in [-0.1, -0.05) is 30.0 Å². The Hall–Kier alpha value is -0.970. The highest BCUT2D eigenvalue weighted by Crippen LogP contribution is 1.93. The summed E-state index contributed by atoms with van der Waals surface area (Å²) in [5.74, 6) is 6.02. The number of halogens is 1. The van der Waals surface area contributed by atoms with Crippen molar-refractivity contribution in [2.45, 2.75) is 0 Å². The van der Waals surface area contributed by atoms with Gasteiger partial charge in [-0.2, -0.15) is 0 Å². The van der Waals surface area contributed by atoms with E-state index >= 15 is 0 Å². The minimum absolute atomic E-state index is 0. The quantitative estimate of drug-likeness (QED) is 0.651. The van der Waals surface area contributed by atoms with Crippen LogP contribution in [0, 0.1) is 11.8 Å². The maximum absolute atomic E-state index is 3.03. The Balaban J connectivity index is 0.00000121. The molecule has 0 aliphatic heterocycles. The SMILES string of the molecule is CNCC#Cc1ccccc1.Cl. The molecule has 0 saturated heterocycles. The van der Waals surface area contributed by atoms with Crippen LogP contribution in [0.2, 0.25) is 0 Å². The highest BCUT2D eigenvalue weighted by atomic mass is 35.5. The zero-order chi connectivity index (χ0) is 7.94. The smallest absolute Gasteiger partial charge is 0.0577 e. The van der Waals surface area contributed by atoms with Crippen LogP contribution < -0.4 is 5.32 Å². The maximum atomic E-state index is 3.03. The molecule has 0 atom stereocenters. The van der Waals surface area contributed by atoms with E-state index in [4.69, 9.17) is 0 Å². The van der Waals surface area contributed by atoms with E-state index in [1.165, 1.54) is 0 Å². The number of benzene rings is 1. The molecule has 1 N–H and O–H groups in total. The largest absolute Gasteiger partial charge is 0.309 e. The second kappa shape index (κ2) is 6.72. The predicted molar refractivity (Wildman–Crippen MR) is 54.5 cm³/mol. The van der Waals surface area contributed by atoms with Crippen LogP contribution in [0.15, 0.2) is 30.3 Å². The zero-order valence-electron chi connectivity index (χ0n) is 7.00. The lowest BCUT2D eigenvalue weighted by Crippen LogP contribution is -2.04. The predicted octanol–water partition coefficient (Wildman–Crippen LogP) is 1.68. The van der Waals surface area contributed by atoms with Gasteiger partial charge in [0.1, 0.15) is 0 Å². The third-order valence-electron chi connectivity index (χ3n) is 1.27. The molecule has 0 spiro atoms. The minimum atomic E-state index is 0. The monoisotopic (exact) mass is 181 g/mol. The first-order valence-electron chi connectivity index (χ1n) is 3.62. The first kappa shape index (κ1) is 11.0. The number of nitrogens with one attached hydrogen (secondary N) is 1. The van der Waals surface area contributed by atoms with Crippen LogP contribution in [-0.2, 0) is 0 Å². The van der Waals surface area contributed by atoms with E-state index in [-0.39, 0.29) is 12.4 Å². The first-order valence-corrected chi connectivity index (χ1v) is 3.62. The van der Waals surface area contributed by atoms with Gasteiger partial charge in [-0.3, -0.25) is 0 Å². The van der Waals surface area contributed by atoms with E-state index in [1.807, 2.05) is 37.4 Å². The molecule has 1 aromatic carbocycles. The fraction of sp³-hybridized carbons (Fsp3) is 0.200. The molecule has 2 heteroatoms. The summed E-state index contributed by atoms with van der Waals surface area (Å²) in [4.78, 5) is 0. The molecule has 0 aromatic heterocycles. The van der Waals surface area contributed by atoms with Crippen molar-refractivity contribution < 1.29 is 0 Å². The standard InChI is InChI=1S/C10H11N.ClH/c1-11-9-5-8-10-6-3-2-4-7-10;/h2-4,6-7,11H,9H2,1H3;1H. The summed E-state index contributed by atoms with van der Waals surface area (Å²) in [5, 5.41) is 2.96. The van der Waals surface area contributed by atoms with Crippen molar-refractivity contribution in [3.63, 3.8) is 0 Å². The molecule has 0 unspecified atom stereocenters. The molecule has 1 rings (SSSR count). The molecule has 0 saturated carbocycles. The molecule has 0 bridgehead atoms. The van der Waals surface area contributed by atoms with Crippen molar-refractivity contribution in [2.24, 2.45) is 0 Å². The molecule has 0 radical (unpaired) electrons. The van der Waals surface area contributed by atoms with E-state index < -0.39 is 0 Å². The van der Waals surface area contributed by atoms with E-state index in [0.29, 0.717) is 0 Å². The third kappa shape index (κ3) is 4.02. The van der Waals surface area contributed by atoms with Crippen molar-refractivity contribution in [2.75, 3.05) is 13.6 Å². The molecule has 1 nitrogen and oxygen atoms in total. The molecule has 0 aliphatic carbocycles. The van der Waals surface area contributed by atoms with Crippen LogP contribution in [-0.4, -0.2) is 13.6 Å². The lowest BCUT2D eigenvalue weighted by molar-refractivity contribution is 0.938. The van der Waals surface area contributed by atoms with Gasteiger partial charge < -0.3 is 5.32 Å². The van der Waals surface area contributed by atoms with Gasteiger partial charge in [-0.25, -0.2) is 0 Å². The fourth-order valence-electron chi connectivity index (χ4n) is 0.756. The van der Waals surface area contributed by atoms with Crippen molar-refractivity contribution in [3.8, 4) is 11.8 Å². The summed E-state index contributed by atoms with van der Waals surface area (Å²) in [6, 6.07) is 9.97. The topological polar surface area (TPSA) is 12.0 Å². The van der Waals surface area contributed by atoms with Crippen LogP contribution >= 0.6 is 12.4 Å². The van der Waals surface area contributed by atoms with E-state index in [2.05, 4.69) is 17.2 Å². The Bertz CT molecular complexity index is 258. The first-order chi connectivity index (χ1) is 5.43. The zero-order valence-corrected chi connectivity index (χ0v) is 7.82. The molecule has 64 valence electrons.